The number of halogens is 7. The van der Waals surface area contributed by atoms with Gasteiger partial charge in [-0.15, -0.1) is 0 Å². The van der Waals surface area contributed by atoms with Crippen LogP contribution in [0, 0.1) is 41.4 Å². The number of imidazole rings is 7. The topological polar surface area (TPSA) is 331 Å². The average Bonchev–Trinajstić information content (AvgIpc) is 1.62. The molecule has 28 nitrogen and oxygen atoms in total. The molecule has 7 fully saturated rings. The molecule has 728 valence electrons. The van der Waals surface area contributed by atoms with Gasteiger partial charge in [-0.2, -0.15) is 0 Å². The summed E-state index contributed by atoms with van der Waals surface area (Å²) < 4.78 is 53.2. The van der Waals surface area contributed by atoms with Crippen LogP contribution in [0.25, 0.3) is 78.8 Å². The molecule has 0 radical (unpaired) electrons. The zero-order valence-corrected chi connectivity index (χ0v) is 81.4. The second-order valence-electron chi connectivity index (χ2n) is 38.0. The van der Waals surface area contributed by atoms with E-state index in [1.807, 2.05) is 173 Å². The third-order valence-electron chi connectivity index (χ3n) is 30.6. The molecule has 140 heavy (non-hydrogen) atoms. The molecule has 2 unspecified atom stereocenters. The van der Waals surface area contributed by atoms with Crippen molar-refractivity contribution >= 4 is 81.2 Å². The first-order chi connectivity index (χ1) is 68.4. The van der Waals surface area contributed by atoms with Crippen LogP contribution >= 0.6 is 81.2 Å². The van der Waals surface area contributed by atoms with Gasteiger partial charge in [0.1, 0.15) is 0 Å². The van der Waals surface area contributed by atoms with Gasteiger partial charge in [-0.05, 0) is 87.4 Å². The van der Waals surface area contributed by atoms with Crippen LogP contribution in [0.1, 0.15) is 126 Å². The van der Waals surface area contributed by atoms with Crippen LogP contribution < -0.4 is 0 Å². The van der Waals surface area contributed by atoms with Crippen molar-refractivity contribution in [3.8, 4) is 78.8 Å². The van der Waals surface area contributed by atoms with Gasteiger partial charge >= 0.3 is 0 Å². The van der Waals surface area contributed by atoms with Gasteiger partial charge in [0.2, 0.25) is 0 Å². The van der Waals surface area contributed by atoms with Gasteiger partial charge in [0.05, 0.1) is 259 Å². The molecule has 7 aromatic carbocycles. The number of benzene rings is 7. The van der Waals surface area contributed by atoms with Crippen molar-refractivity contribution in [2.24, 2.45) is 41.4 Å². The summed E-state index contributed by atoms with van der Waals surface area (Å²) in [4.78, 5) is 29.7. The van der Waals surface area contributed by atoms with Crippen LogP contribution in [0.4, 0.5) is 0 Å². The van der Waals surface area contributed by atoms with Gasteiger partial charge in [-0.1, -0.05) is 166 Å². The predicted octanol–water partition coefficient (Wildman–Crippen LogP) is 17.5. The summed E-state index contributed by atoms with van der Waals surface area (Å²) in [5, 5.41) is 77.6. The zero-order valence-electron chi connectivity index (χ0n) is 76.1. The van der Waals surface area contributed by atoms with Gasteiger partial charge in [-0.25, -0.2) is 34.9 Å². The highest BCUT2D eigenvalue weighted by Crippen LogP contribution is 2.57. The fourth-order valence-corrected chi connectivity index (χ4v) is 26.0. The fourth-order valence-electron chi connectivity index (χ4n) is 24.0. The lowest BCUT2D eigenvalue weighted by atomic mass is 9.85. The van der Waals surface area contributed by atoms with E-state index in [1.54, 1.807) is 0 Å². The second kappa shape index (κ2) is 40.9. The first kappa shape index (κ1) is 95.3. The van der Waals surface area contributed by atoms with Crippen LogP contribution in [-0.4, -0.2) is 238 Å². The Morgan fingerprint density at radius 2 is 0.357 bits per heavy atom. The number of rotatable bonds is 7. The summed E-state index contributed by atoms with van der Waals surface area (Å²) >= 11 is 45.0. The Morgan fingerprint density at radius 3 is 0.521 bits per heavy atom. The van der Waals surface area contributed by atoms with Crippen molar-refractivity contribution in [1.29, 1.82) is 0 Å². The maximum atomic E-state index is 10.4. The number of hydrogen-bond donors (Lipinski definition) is 7. The Morgan fingerprint density at radius 1 is 0.200 bits per heavy atom. The van der Waals surface area contributed by atoms with Gasteiger partial charge in [0, 0.05) is 201 Å². The molecule has 35 heteroatoms. The Kier molecular flexibility index (Phi) is 27.9. The van der Waals surface area contributed by atoms with E-state index >= 15 is 0 Å². The molecule has 0 bridgehead atoms. The monoisotopic (exact) mass is 2030 g/mol. The molecule has 7 saturated heterocycles. The SMILES string of the molecule is O[C@@H]1CCOCC1[C@H]1c2c(Cl)cccc2-c2cncn21.O[C@@H]1CCOC[C@H]1[C@@H]1c2c(Cl)cccc2-c2cncn21.O[C@@H]1COCC[C@H]1[C@@H]1c2c(Cl)cccc2-c2cncn21.O[C@@H]1COCC[C@H]1[C@H]1c2c(Cl)cccc2-c2cncn21.O[C@H]1CCOCC1[C@@H]1c2c(Cl)cccc2-c2cncn21.O[C@H]1CCOC[C@@H]1[C@H]1c2c(Cl)cccc2-c2cncn21.O[C@H]1COCC[C@@H]1[C@H]1c2c(Cl)cccc2-c2cncn21. The molecule has 0 aliphatic carbocycles. The highest BCUT2D eigenvalue weighted by molar-refractivity contribution is 6.34. The van der Waals surface area contributed by atoms with Gasteiger partial charge in [0.15, 0.2) is 0 Å². The van der Waals surface area contributed by atoms with E-state index in [-0.39, 0.29) is 108 Å². The molecule has 7 aromatic heterocycles. The smallest absolute Gasteiger partial charge is 0.0956 e. The lowest BCUT2D eigenvalue weighted by Gasteiger charge is -2.33. The number of ether oxygens (including phenoxy) is 7. The zero-order chi connectivity index (χ0) is 95.8. The molecule has 0 saturated carbocycles. The third kappa shape index (κ3) is 17.3. The number of aliphatic hydroxyl groups excluding tert-OH is 7. The fraction of sp³-hybridized carbons (Fsp3) is 0.400. The molecule has 28 rings (SSSR count). The molecule has 21 atom stereocenters. The summed E-state index contributed by atoms with van der Waals surface area (Å²) in [6, 6.07) is 41.7. The lowest BCUT2D eigenvalue weighted by molar-refractivity contribution is -0.0540. The first-order valence-electron chi connectivity index (χ1n) is 47.8. The second-order valence-corrected chi connectivity index (χ2v) is 40.8. The minimum Gasteiger partial charge on any atom is -0.393 e. The number of fused-ring (bicyclic) bond motifs is 21. The number of hydrogen-bond acceptors (Lipinski definition) is 21. The van der Waals surface area contributed by atoms with Crippen LogP contribution in [0.15, 0.2) is 215 Å². The van der Waals surface area contributed by atoms with E-state index in [9.17, 15) is 35.7 Å². The Hall–Kier alpha value is -9.52. The Balaban J connectivity index is 0.0000000939. The normalized spacial score (nSPS) is 28.2. The van der Waals surface area contributed by atoms with Crippen molar-refractivity contribution in [2.45, 2.75) is 130 Å². The van der Waals surface area contributed by atoms with Crippen LogP contribution in [0.2, 0.25) is 35.2 Å². The molecule has 0 spiro atoms. The van der Waals surface area contributed by atoms with E-state index in [1.165, 1.54) is 0 Å². The summed E-state index contributed by atoms with van der Waals surface area (Å²) in [5.74, 6) is 0.375. The van der Waals surface area contributed by atoms with E-state index < -0.39 is 18.3 Å². The highest BCUT2D eigenvalue weighted by atomic mass is 35.5. The van der Waals surface area contributed by atoms with Crippen molar-refractivity contribution in [3.63, 3.8) is 0 Å². The standard InChI is InChI=1S/7C15H15ClN2O2/c4*16-11-3-1-2-9-12-6-17-8-18(12)15(14(9)11)10-7-20-5-4-13(10)19;3*16-11-3-1-2-9-12-6-17-8-18(12)15(14(9)11)10-4-5-20-7-13(10)19/h7*1-3,6,8,10,13,15,19H,4-5,7H2/t2*10?,13-,15+;2*10-,13-,15-;10-,13-,15+;2*10-,13-,15-/m1010110/s1. The van der Waals surface area contributed by atoms with E-state index in [0.29, 0.717) is 118 Å². The number of aromatic nitrogens is 14. The summed E-state index contributed by atoms with van der Waals surface area (Å²) in [6.45, 7) is 7.91. The van der Waals surface area contributed by atoms with Gasteiger partial charge < -0.3 is 101 Å². The minimum absolute atomic E-state index is 0.00602. The van der Waals surface area contributed by atoms with Crippen molar-refractivity contribution in [3.05, 3.63) is 289 Å². The molecule has 21 heterocycles. The van der Waals surface area contributed by atoms with E-state index in [0.717, 1.165) is 172 Å². The van der Waals surface area contributed by atoms with Crippen molar-refractivity contribution in [2.75, 3.05) is 92.5 Å². The largest absolute Gasteiger partial charge is 0.393 e. The summed E-state index contributed by atoms with van der Waals surface area (Å²) in [6.07, 6.45) is 28.1. The molecule has 14 aliphatic heterocycles. The van der Waals surface area contributed by atoms with Gasteiger partial charge in [-0.3, -0.25) is 0 Å². The average molecular weight is 2040 g/mol. The summed E-state index contributed by atoms with van der Waals surface area (Å²) in [7, 11) is 0. The van der Waals surface area contributed by atoms with Crippen molar-refractivity contribution in [1.82, 2.24) is 66.9 Å². The van der Waals surface area contributed by atoms with E-state index in [4.69, 9.17) is 114 Å². The van der Waals surface area contributed by atoms with Crippen LogP contribution in [0.3, 0.4) is 0 Å². The van der Waals surface area contributed by atoms with Crippen LogP contribution in [0.5, 0.6) is 0 Å². The minimum atomic E-state index is -0.466. The van der Waals surface area contributed by atoms with Crippen molar-refractivity contribution < 1.29 is 68.9 Å². The third-order valence-corrected chi connectivity index (χ3v) is 32.9. The van der Waals surface area contributed by atoms with Gasteiger partial charge in [0.25, 0.3) is 0 Å². The highest BCUT2D eigenvalue weighted by Gasteiger charge is 2.49. The Bertz CT molecular complexity index is 5700. The number of nitrogens with zero attached hydrogens (tertiary/aromatic N) is 14. The van der Waals surface area contributed by atoms with E-state index in [2.05, 4.69) is 109 Å². The molecule has 0 amide bonds. The quantitative estimate of drug-likeness (QED) is 0.0779. The Labute approximate surface area is 842 Å². The molecule has 14 aliphatic rings. The summed E-state index contributed by atoms with van der Waals surface area (Å²) in [5.41, 5.74) is 22.9. The molecule has 7 N–H and O–H groups in total. The lowest BCUT2D eigenvalue weighted by Crippen LogP contribution is -2.37. The molecular formula is C105H105Cl7N14O14. The van der Waals surface area contributed by atoms with Crippen LogP contribution in [-0.2, 0) is 33.2 Å². The maximum absolute atomic E-state index is 10.4. The molecule has 14 aromatic rings. The first-order valence-corrected chi connectivity index (χ1v) is 50.5. The predicted molar refractivity (Wildman–Crippen MR) is 530 cm³/mol. The molecular weight excluding hydrogens is 1930 g/mol. The number of aliphatic hydroxyl groups is 7. The maximum Gasteiger partial charge on any atom is 0.0956 e.